The standard InChI is InChI=1S/C17H36N4O2/c1-14(13-19-7-6-18)12-15(2)20-8-10-21(11-9-20)16(22)23-17(3,4)5/h14-15,19H,6-13,18H2,1-5H3. The Bertz CT molecular complexity index is 349. The molecule has 1 amide bonds. The molecule has 6 heteroatoms. The van der Waals surface area contributed by atoms with E-state index < -0.39 is 5.60 Å². The molecule has 2 unspecified atom stereocenters. The van der Waals surface area contributed by atoms with Crippen LogP contribution in [0.3, 0.4) is 0 Å². The van der Waals surface area contributed by atoms with Gasteiger partial charge in [-0.1, -0.05) is 6.92 Å². The Hall–Kier alpha value is -0.850. The van der Waals surface area contributed by atoms with E-state index in [9.17, 15) is 4.79 Å². The third-order valence-electron chi connectivity index (χ3n) is 4.15. The third kappa shape index (κ3) is 7.99. The number of carbonyl (C=O) groups excluding carboxylic acids is 1. The lowest BCUT2D eigenvalue weighted by Crippen LogP contribution is -2.52. The van der Waals surface area contributed by atoms with Crippen molar-refractivity contribution in [1.82, 2.24) is 15.1 Å². The number of rotatable bonds is 7. The lowest BCUT2D eigenvalue weighted by molar-refractivity contribution is 0.0101. The van der Waals surface area contributed by atoms with Crippen molar-refractivity contribution in [1.29, 1.82) is 0 Å². The lowest BCUT2D eigenvalue weighted by atomic mass is 10.0. The van der Waals surface area contributed by atoms with Crippen LogP contribution < -0.4 is 11.1 Å². The van der Waals surface area contributed by atoms with Gasteiger partial charge in [-0.2, -0.15) is 0 Å². The molecule has 1 aliphatic heterocycles. The summed E-state index contributed by atoms with van der Waals surface area (Å²) in [6, 6.07) is 0.533. The van der Waals surface area contributed by atoms with Crippen molar-refractivity contribution in [2.24, 2.45) is 11.7 Å². The number of piperazine rings is 1. The van der Waals surface area contributed by atoms with Gasteiger partial charge < -0.3 is 20.7 Å². The predicted molar refractivity (Wildman–Crippen MR) is 94.5 cm³/mol. The molecule has 6 nitrogen and oxygen atoms in total. The molecule has 0 aliphatic carbocycles. The minimum Gasteiger partial charge on any atom is -0.444 e. The van der Waals surface area contributed by atoms with Crippen LogP contribution in [0, 0.1) is 5.92 Å². The predicted octanol–water partition coefficient (Wildman–Crippen LogP) is 1.50. The average Bonchev–Trinajstić information content (AvgIpc) is 2.46. The zero-order valence-electron chi connectivity index (χ0n) is 15.6. The van der Waals surface area contributed by atoms with Crippen LogP contribution in [-0.2, 0) is 4.74 Å². The highest BCUT2D eigenvalue weighted by Crippen LogP contribution is 2.16. The summed E-state index contributed by atoms with van der Waals surface area (Å²) in [7, 11) is 0. The Labute approximate surface area is 141 Å². The molecule has 0 spiro atoms. The van der Waals surface area contributed by atoms with Gasteiger partial charge in [0.1, 0.15) is 5.60 Å². The molecule has 0 saturated carbocycles. The van der Waals surface area contributed by atoms with E-state index in [1.165, 1.54) is 0 Å². The van der Waals surface area contributed by atoms with E-state index in [2.05, 4.69) is 24.1 Å². The van der Waals surface area contributed by atoms with E-state index in [0.717, 1.165) is 45.7 Å². The van der Waals surface area contributed by atoms with Crippen molar-refractivity contribution >= 4 is 6.09 Å². The van der Waals surface area contributed by atoms with Crippen LogP contribution in [0.5, 0.6) is 0 Å². The molecule has 23 heavy (non-hydrogen) atoms. The first-order valence-corrected chi connectivity index (χ1v) is 8.85. The molecule has 1 rings (SSSR count). The van der Waals surface area contributed by atoms with Crippen LogP contribution in [0.25, 0.3) is 0 Å². The quantitative estimate of drug-likeness (QED) is 0.693. The largest absolute Gasteiger partial charge is 0.444 e. The molecule has 2 atom stereocenters. The van der Waals surface area contributed by atoms with Gasteiger partial charge >= 0.3 is 6.09 Å². The number of amides is 1. The molecule has 0 aromatic rings. The summed E-state index contributed by atoms with van der Waals surface area (Å²) in [5.74, 6) is 0.625. The van der Waals surface area contributed by atoms with Gasteiger partial charge in [0, 0.05) is 45.3 Å². The highest BCUT2D eigenvalue weighted by Gasteiger charge is 2.27. The van der Waals surface area contributed by atoms with E-state index in [1.54, 1.807) is 0 Å². The van der Waals surface area contributed by atoms with E-state index >= 15 is 0 Å². The summed E-state index contributed by atoms with van der Waals surface area (Å²) in [4.78, 5) is 16.4. The van der Waals surface area contributed by atoms with Gasteiger partial charge in [0.05, 0.1) is 0 Å². The van der Waals surface area contributed by atoms with Gasteiger partial charge in [0.2, 0.25) is 0 Å². The summed E-state index contributed by atoms with van der Waals surface area (Å²) < 4.78 is 5.44. The van der Waals surface area contributed by atoms with E-state index in [1.807, 2.05) is 25.7 Å². The van der Waals surface area contributed by atoms with Crippen LogP contribution >= 0.6 is 0 Å². The number of nitrogens with one attached hydrogen (secondary N) is 1. The maximum atomic E-state index is 12.1. The zero-order valence-corrected chi connectivity index (χ0v) is 15.6. The van der Waals surface area contributed by atoms with Crippen LogP contribution in [0.4, 0.5) is 4.79 Å². The summed E-state index contributed by atoms with van der Waals surface area (Å²) >= 11 is 0. The van der Waals surface area contributed by atoms with Gasteiger partial charge in [0.25, 0.3) is 0 Å². The number of hydrogen-bond donors (Lipinski definition) is 2. The minimum absolute atomic E-state index is 0.191. The maximum absolute atomic E-state index is 12.1. The number of nitrogens with two attached hydrogens (primary N) is 1. The Morgan fingerprint density at radius 2 is 1.83 bits per heavy atom. The average molecular weight is 329 g/mol. The topological polar surface area (TPSA) is 70.8 Å². The fraction of sp³-hybridized carbons (Fsp3) is 0.941. The summed E-state index contributed by atoms with van der Waals surface area (Å²) in [5.41, 5.74) is 5.07. The molecule has 3 N–H and O–H groups in total. The highest BCUT2D eigenvalue weighted by molar-refractivity contribution is 5.68. The van der Waals surface area contributed by atoms with Crippen LogP contribution in [0.15, 0.2) is 0 Å². The number of hydrogen-bond acceptors (Lipinski definition) is 5. The zero-order chi connectivity index (χ0) is 17.5. The van der Waals surface area contributed by atoms with Crippen molar-refractivity contribution in [3.8, 4) is 0 Å². The Balaban J connectivity index is 2.30. The fourth-order valence-electron chi connectivity index (χ4n) is 2.94. The molecule has 1 aliphatic rings. The molecule has 0 bridgehead atoms. The van der Waals surface area contributed by atoms with E-state index in [-0.39, 0.29) is 6.09 Å². The number of nitrogens with zero attached hydrogens (tertiary/aromatic N) is 2. The number of ether oxygens (including phenoxy) is 1. The molecule has 1 fully saturated rings. The molecule has 136 valence electrons. The molecular formula is C17H36N4O2. The Morgan fingerprint density at radius 1 is 1.22 bits per heavy atom. The minimum atomic E-state index is -0.423. The van der Waals surface area contributed by atoms with Crippen molar-refractivity contribution < 1.29 is 9.53 Å². The second-order valence-corrected chi connectivity index (χ2v) is 7.69. The van der Waals surface area contributed by atoms with Crippen molar-refractivity contribution in [3.63, 3.8) is 0 Å². The smallest absolute Gasteiger partial charge is 0.410 e. The molecule has 0 radical (unpaired) electrons. The van der Waals surface area contributed by atoms with Crippen molar-refractivity contribution in [3.05, 3.63) is 0 Å². The van der Waals surface area contributed by atoms with Gasteiger partial charge in [0.15, 0.2) is 0 Å². The number of carbonyl (C=O) groups is 1. The first kappa shape index (κ1) is 20.2. The molecule has 1 saturated heterocycles. The SMILES string of the molecule is CC(CNCCN)CC(C)N1CCN(C(=O)OC(C)(C)C)CC1. The normalized spacial score (nSPS) is 19.5. The summed E-state index contributed by atoms with van der Waals surface area (Å²) in [5, 5.41) is 3.37. The monoisotopic (exact) mass is 328 g/mol. The van der Waals surface area contributed by atoms with Gasteiger partial charge in [-0.15, -0.1) is 0 Å². The van der Waals surface area contributed by atoms with Gasteiger partial charge in [-0.05, 0) is 46.6 Å². The Kier molecular flexibility index (Phi) is 8.29. The summed E-state index contributed by atoms with van der Waals surface area (Å²) in [6.45, 7) is 16.2. The second kappa shape index (κ2) is 9.45. The van der Waals surface area contributed by atoms with Gasteiger partial charge in [-0.3, -0.25) is 4.90 Å². The van der Waals surface area contributed by atoms with Crippen LogP contribution in [-0.4, -0.2) is 73.3 Å². The van der Waals surface area contributed by atoms with Crippen molar-refractivity contribution in [2.75, 3.05) is 45.8 Å². The first-order chi connectivity index (χ1) is 10.7. The summed E-state index contributed by atoms with van der Waals surface area (Å²) in [6.07, 6.45) is 0.966. The maximum Gasteiger partial charge on any atom is 0.410 e. The fourth-order valence-corrected chi connectivity index (χ4v) is 2.94. The third-order valence-corrected chi connectivity index (χ3v) is 4.15. The Morgan fingerprint density at radius 3 is 2.35 bits per heavy atom. The van der Waals surface area contributed by atoms with Crippen LogP contribution in [0.2, 0.25) is 0 Å². The second-order valence-electron chi connectivity index (χ2n) is 7.69. The lowest BCUT2D eigenvalue weighted by Gasteiger charge is -2.39. The van der Waals surface area contributed by atoms with Gasteiger partial charge in [-0.25, -0.2) is 4.79 Å². The van der Waals surface area contributed by atoms with E-state index in [4.69, 9.17) is 10.5 Å². The molecule has 1 heterocycles. The van der Waals surface area contributed by atoms with Crippen molar-refractivity contribution in [2.45, 2.75) is 52.7 Å². The van der Waals surface area contributed by atoms with Crippen LogP contribution in [0.1, 0.15) is 41.0 Å². The van der Waals surface area contributed by atoms with E-state index in [0.29, 0.717) is 18.5 Å². The highest BCUT2D eigenvalue weighted by atomic mass is 16.6. The molecule has 0 aromatic heterocycles. The molecule has 0 aromatic carbocycles. The molecular weight excluding hydrogens is 292 g/mol. The first-order valence-electron chi connectivity index (χ1n) is 8.85.